The van der Waals surface area contributed by atoms with Gasteiger partial charge in [0.05, 0.1) is 17.0 Å². The molecule has 2 rings (SSSR count). The van der Waals surface area contributed by atoms with E-state index in [1.165, 1.54) is 12.1 Å². The van der Waals surface area contributed by atoms with Gasteiger partial charge in [-0.15, -0.1) is 11.8 Å². The number of hydrogen-bond acceptors (Lipinski definition) is 3. The molecule has 0 aliphatic carbocycles. The predicted molar refractivity (Wildman–Crippen MR) is 99.8 cm³/mol. The Kier molecular flexibility index (Phi) is 8.00. The minimum atomic E-state index is -4.33. The first kappa shape index (κ1) is 22.7. The van der Waals surface area contributed by atoms with Crippen LogP contribution in [0.25, 0.3) is 0 Å². The first-order valence-electron chi connectivity index (χ1n) is 8.47. The zero-order chi connectivity index (χ0) is 21.4. The molecule has 0 unspecified atom stereocenters. The molecule has 2 aromatic carbocycles. The number of rotatable bonds is 8. The third-order valence-corrected chi connectivity index (χ3v) is 4.73. The van der Waals surface area contributed by atoms with E-state index < -0.39 is 35.4 Å². The summed E-state index contributed by atoms with van der Waals surface area (Å²) in [6.07, 6.45) is -4.12. The molecule has 0 fully saturated rings. The molecule has 2 aromatic rings. The maximum atomic E-state index is 13.5. The molecular formula is C19H17F5N2O2S. The van der Waals surface area contributed by atoms with Crippen molar-refractivity contribution in [1.82, 2.24) is 5.32 Å². The summed E-state index contributed by atoms with van der Waals surface area (Å²) in [5, 5.41) is 4.96. The molecule has 0 saturated carbocycles. The normalized spacial score (nSPS) is 11.2. The molecule has 156 valence electrons. The largest absolute Gasteiger partial charge is 0.398 e. The van der Waals surface area contributed by atoms with Crippen molar-refractivity contribution in [3.05, 3.63) is 59.7 Å². The van der Waals surface area contributed by atoms with Crippen molar-refractivity contribution >= 4 is 29.3 Å². The van der Waals surface area contributed by atoms with Crippen molar-refractivity contribution in [3.63, 3.8) is 0 Å². The summed E-state index contributed by atoms with van der Waals surface area (Å²) in [7, 11) is 0. The fraction of sp³-hybridized carbons (Fsp3) is 0.263. The number of thioether (sulfide) groups is 1. The van der Waals surface area contributed by atoms with Crippen LogP contribution in [-0.4, -0.2) is 30.3 Å². The number of para-hydroxylation sites is 1. The standard InChI is InChI=1S/C19H17F5N2O2S/c20-12-7-8-13(14(21)10-12)18(28)25-9-3-6-17(27)26-15-4-1-2-5-16(15)29-11-19(22,23)24/h1-2,4-5,7-8,10H,3,6,9,11H2,(H,25,28)(H,26,27). The number of hydrogen-bond donors (Lipinski definition) is 2. The van der Waals surface area contributed by atoms with Gasteiger partial charge in [-0.05, 0) is 30.7 Å². The Morgan fingerprint density at radius 1 is 1.03 bits per heavy atom. The van der Waals surface area contributed by atoms with Gasteiger partial charge in [0.25, 0.3) is 5.91 Å². The fourth-order valence-corrected chi connectivity index (χ4v) is 3.06. The van der Waals surface area contributed by atoms with E-state index >= 15 is 0 Å². The van der Waals surface area contributed by atoms with Gasteiger partial charge in [-0.3, -0.25) is 9.59 Å². The molecular weight excluding hydrogens is 415 g/mol. The molecule has 0 aliphatic heterocycles. The van der Waals surface area contributed by atoms with Crippen molar-refractivity contribution in [2.24, 2.45) is 0 Å². The summed E-state index contributed by atoms with van der Waals surface area (Å²) in [5.74, 6) is -4.05. The van der Waals surface area contributed by atoms with Crippen LogP contribution >= 0.6 is 11.8 Å². The van der Waals surface area contributed by atoms with Gasteiger partial charge in [0.1, 0.15) is 11.6 Å². The smallest absolute Gasteiger partial charge is 0.352 e. The van der Waals surface area contributed by atoms with E-state index in [4.69, 9.17) is 0 Å². The van der Waals surface area contributed by atoms with Gasteiger partial charge in [0.2, 0.25) is 5.91 Å². The number of carbonyl (C=O) groups is 2. The minimum Gasteiger partial charge on any atom is -0.352 e. The predicted octanol–water partition coefficient (Wildman–Crippen LogP) is 4.77. The van der Waals surface area contributed by atoms with Crippen LogP contribution in [0.5, 0.6) is 0 Å². The van der Waals surface area contributed by atoms with Crippen LogP contribution in [0, 0.1) is 11.6 Å². The average Bonchev–Trinajstić information content (AvgIpc) is 2.63. The molecule has 0 aliphatic rings. The van der Waals surface area contributed by atoms with Gasteiger partial charge in [0, 0.05) is 23.9 Å². The summed E-state index contributed by atoms with van der Waals surface area (Å²) in [4.78, 5) is 24.1. The molecule has 4 nitrogen and oxygen atoms in total. The number of anilines is 1. The average molecular weight is 432 g/mol. The highest BCUT2D eigenvalue weighted by molar-refractivity contribution is 7.99. The molecule has 2 amide bonds. The fourth-order valence-electron chi connectivity index (χ4n) is 2.29. The maximum Gasteiger partial charge on any atom is 0.398 e. The second-order valence-corrected chi connectivity index (χ2v) is 6.95. The van der Waals surface area contributed by atoms with Gasteiger partial charge in [-0.1, -0.05) is 12.1 Å². The van der Waals surface area contributed by atoms with E-state index in [9.17, 15) is 31.5 Å². The van der Waals surface area contributed by atoms with Gasteiger partial charge < -0.3 is 10.6 Å². The molecule has 29 heavy (non-hydrogen) atoms. The molecule has 2 N–H and O–H groups in total. The molecule has 0 heterocycles. The summed E-state index contributed by atoms with van der Waals surface area (Å²) in [6, 6.07) is 8.70. The van der Waals surface area contributed by atoms with E-state index in [1.54, 1.807) is 12.1 Å². The molecule has 0 radical (unpaired) electrons. The van der Waals surface area contributed by atoms with Gasteiger partial charge in [-0.2, -0.15) is 13.2 Å². The van der Waals surface area contributed by atoms with E-state index in [1.807, 2.05) is 0 Å². The molecule has 0 spiro atoms. The highest BCUT2D eigenvalue weighted by atomic mass is 32.2. The van der Waals surface area contributed by atoms with Crippen LogP contribution in [0.1, 0.15) is 23.2 Å². The Morgan fingerprint density at radius 3 is 2.45 bits per heavy atom. The van der Waals surface area contributed by atoms with Gasteiger partial charge in [0.15, 0.2) is 0 Å². The van der Waals surface area contributed by atoms with Gasteiger partial charge in [-0.25, -0.2) is 8.78 Å². The highest BCUT2D eigenvalue weighted by Crippen LogP contribution is 2.32. The Morgan fingerprint density at radius 2 is 1.76 bits per heavy atom. The SMILES string of the molecule is O=C(CCCNC(=O)c1ccc(F)cc1F)Nc1ccccc1SCC(F)(F)F. The Bertz CT molecular complexity index is 874. The monoisotopic (exact) mass is 432 g/mol. The Labute approximate surface area is 167 Å². The number of halogens is 5. The summed E-state index contributed by atoms with van der Waals surface area (Å²) in [5.41, 5.74) is -0.0457. The zero-order valence-corrected chi connectivity index (χ0v) is 15.8. The number of carbonyl (C=O) groups excluding carboxylic acids is 2. The Hall–Kier alpha value is -2.62. The molecule has 0 atom stereocenters. The lowest BCUT2D eigenvalue weighted by Gasteiger charge is -2.12. The topological polar surface area (TPSA) is 58.2 Å². The van der Waals surface area contributed by atoms with Crippen LogP contribution in [-0.2, 0) is 4.79 Å². The number of benzene rings is 2. The van der Waals surface area contributed by atoms with Crippen molar-refractivity contribution in [2.75, 3.05) is 17.6 Å². The second kappa shape index (κ2) is 10.2. The Balaban J connectivity index is 1.80. The highest BCUT2D eigenvalue weighted by Gasteiger charge is 2.27. The molecule has 0 saturated heterocycles. The molecule has 0 bridgehead atoms. The van der Waals surface area contributed by atoms with E-state index in [0.29, 0.717) is 22.7 Å². The lowest BCUT2D eigenvalue weighted by Crippen LogP contribution is -2.26. The van der Waals surface area contributed by atoms with Crippen molar-refractivity contribution in [1.29, 1.82) is 0 Å². The first-order chi connectivity index (χ1) is 13.7. The van der Waals surface area contributed by atoms with Crippen LogP contribution in [0.4, 0.5) is 27.6 Å². The summed E-state index contributed by atoms with van der Waals surface area (Å²) in [6.45, 7) is 0.0630. The molecule has 10 heteroatoms. The van der Waals surface area contributed by atoms with Gasteiger partial charge >= 0.3 is 6.18 Å². The third kappa shape index (κ3) is 7.72. The van der Waals surface area contributed by atoms with Crippen LogP contribution < -0.4 is 10.6 Å². The quantitative estimate of drug-likeness (QED) is 0.359. The number of alkyl halides is 3. The third-order valence-electron chi connectivity index (χ3n) is 3.59. The first-order valence-corrected chi connectivity index (χ1v) is 9.46. The van der Waals surface area contributed by atoms with Crippen LogP contribution in [0.2, 0.25) is 0 Å². The summed E-state index contributed by atoms with van der Waals surface area (Å²) < 4.78 is 63.5. The maximum absolute atomic E-state index is 13.5. The number of amides is 2. The van der Waals surface area contributed by atoms with E-state index in [0.717, 1.165) is 12.1 Å². The molecule has 0 aromatic heterocycles. The van der Waals surface area contributed by atoms with Crippen molar-refractivity contribution in [2.45, 2.75) is 23.9 Å². The zero-order valence-electron chi connectivity index (χ0n) is 15.0. The van der Waals surface area contributed by atoms with Crippen molar-refractivity contribution in [3.8, 4) is 0 Å². The minimum absolute atomic E-state index is 0.00947. The van der Waals surface area contributed by atoms with Crippen LogP contribution in [0.3, 0.4) is 0 Å². The van der Waals surface area contributed by atoms with Crippen LogP contribution in [0.15, 0.2) is 47.4 Å². The lowest BCUT2D eigenvalue weighted by atomic mass is 10.2. The second-order valence-electron chi connectivity index (χ2n) is 5.93. The number of nitrogens with one attached hydrogen (secondary N) is 2. The van der Waals surface area contributed by atoms with E-state index in [2.05, 4.69) is 10.6 Å². The van der Waals surface area contributed by atoms with E-state index in [-0.39, 0.29) is 30.6 Å². The summed E-state index contributed by atoms with van der Waals surface area (Å²) >= 11 is 0.569. The van der Waals surface area contributed by atoms with Crippen molar-refractivity contribution < 1.29 is 31.5 Å². The lowest BCUT2D eigenvalue weighted by molar-refractivity contribution is -0.116.